The molecule has 0 bridgehead atoms. The number of halogens is 2. The zero-order valence-electron chi connectivity index (χ0n) is 7.00. The monoisotopic (exact) mass is 244 g/mol. The van der Waals surface area contributed by atoms with E-state index in [-0.39, 0.29) is 0 Å². The molecule has 2 rings (SSSR count). The van der Waals surface area contributed by atoms with Crippen molar-refractivity contribution in [3.8, 4) is 11.3 Å². The average Bonchev–Trinajstić information content (AvgIpc) is 2.46. The number of nitrogens with two attached hydrogens (primary N) is 1. The normalized spacial score (nSPS) is 10.4. The van der Waals surface area contributed by atoms with Gasteiger partial charge in [-0.2, -0.15) is 0 Å². The molecule has 1 aromatic heterocycles. The molecule has 2 nitrogen and oxygen atoms in total. The summed E-state index contributed by atoms with van der Waals surface area (Å²) in [6, 6.07) is 7.40. The molecule has 0 aliphatic heterocycles. The highest BCUT2D eigenvalue weighted by atomic mass is 35.5. The predicted molar refractivity (Wildman–Crippen MR) is 62.0 cm³/mol. The second-order valence-electron chi connectivity index (χ2n) is 2.66. The van der Waals surface area contributed by atoms with E-state index >= 15 is 0 Å². The number of thiazole rings is 1. The van der Waals surface area contributed by atoms with E-state index in [1.54, 1.807) is 6.07 Å². The molecule has 2 aromatic rings. The third kappa shape index (κ3) is 1.71. The van der Waals surface area contributed by atoms with Crippen LogP contribution in [0.5, 0.6) is 0 Å². The Kier molecular flexibility index (Phi) is 2.63. The van der Waals surface area contributed by atoms with Crippen molar-refractivity contribution < 1.29 is 0 Å². The summed E-state index contributed by atoms with van der Waals surface area (Å²) in [5.74, 6) is 0. The highest BCUT2D eigenvalue weighted by Gasteiger charge is 2.11. The number of rotatable bonds is 1. The van der Waals surface area contributed by atoms with E-state index in [0.29, 0.717) is 20.2 Å². The van der Waals surface area contributed by atoms with E-state index in [0.717, 1.165) is 5.56 Å². The summed E-state index contributed by atoms with van der Waals surface area (Å²) in [4.78, 5) is 4.12. The maximum atomic E-state index is 6.01. The molecule has 72 valence electrons. The second-order valence-corrected chi connectivity index (χ2v) is 4.68. The lowest BCUT2D eigenvalue weighted by molar-refractivity contribution is 1.41. The van der Waals surface area contributed by atoms with Gasteiger partial charge < -0.3 is 5.73 Å². The Morgan fingerprint density at radius 3 is 2.50 bits per heavy atom. The molecule has 1 heterocycles. The van der Waals surface area contributed by atoms with E-state index in [1.165, 1.54) is 11.3 Å². The Hall–Kier alpha value is -0.770. The molecular formula is C9H6Cl2N2S. The number of hydrogen-bond donors (Lipinski definition) is 1. The molecule has 0 saturated carbocycles. The summed E-state index contributed by atoms with van der Waals surface area (Å²) >= 11 is 13.0. The molecule has 5 heteroatoms. The summed E-state index contributed by atoms with van der Waals surface area (Å²) in [7, 11) is 0. The summed E-state index contributed by atoms with van der Waals surface area (Å²) in [6.07, 6.45) is 0. The number of nitrogens with zero attached hydrogens (tertiary/aromatic N) is 1. The van der Waals surface area contributed by atoms with Crippen molar-refractivity contribution >= 4 is 39.5 Å². The van der Waals surface area contributed by atoms with Gasteiger partial charge in [-0.15, -0.1) is 0 Å². The number of hydrogen-bond acceptors (Lipinski definition) is 3. The summed E-state index contributed by atoms with van der Waals surface area (Å²) in [5, 5.41) is 1.21. The van der Waals surface area contributed by atoms with Crippen molar-refractivity contribution in [1.82, 2.24) is 4.98 Å². The molecule has 0 spiro atoms. The number of anilines is 1. The third-order valence-corrected chi connectivity index (χ3v) is 3.07. The number of aromatic nitrogens is 1. The standard InChI is InChI=1S/C9H6Cl2N2S/c10-6-4-2-1-3-5(6)7-8(12)14-9(11)13-7/h1-4H,12H2. The Balaban J connectivity index is 2.60. The smallest absolute Gasteiger partial charge is 0.186 e. The van der Waals surface area contributed by atoms with Crippen molar-refractivity contribution in [2.45, 2.75) is 0 Å². The van der Waals surface area contributed by atoms with E-state index in [9.17, 15) is 0 Å². The van der Waals surface area contributed by atoms with Crippen molar-refractivity contribution in [3.05, 3.63) is 33.8 Å². The van der Waals surface area contributed by atoms with Crippen LogP contribution in [0, 0.1) is 0 Å². The molecule has 0 radical (unpaired) electrons. The molecule has 1 aromatic carbocycles. The van der Waals surface area contributed by atoms with Crippen molar-refractivity contribution in [3.63, 3.8) is 0 Å². The Bertz CT molecular complexity index is 468. The first-order chi connectivity index (χ1) is 6.68. The largest absolute Gasteiger partial charge is 0.389 e. The molecule has 0 atom stereocenters. The van der Waals surface area contributed by atoms with Gasteiger partial charge in [0.15, 0.2) is 4.47 Å². The minimum absolute atomic E-state index is 0.428. The van der Waals surface area contributed by atoms with Crippen LogP contribution in [-0.4, -0.2) is 4.98 Å². The first kappa shape index (κ1) is 9.77. The van der Waals surface area contributed by atoms with E-state index in [4.69, 9.17) is 28.9 Å². The van der Waals surface area contributed by atoms with Crippen LogP contribution in [0.25, 0.3) is 11.3 Å². The van der Waals surface area contributed by atoms with Gasteiger partial charge in [0, 0.05) is 5.56 Å². The minimum Gasteiger partial charge on any atom is -0.389 e. The molecule has 2 N–H and O–H groups in total. The highest BCUT2D eigenvalue weighted by molar-refractivity contribution is 7.19. The van der Waals surface area contributed by atoms with E-state index in [2.05, 4.69) is 4.98 Å². The van der Waals surface area contributed by atoms with Crippen LogP contribution in [0.4, 0.5) is 5.00 Å². The predicted octanol–water partition coefficient (Wildman–Crippen LogP) is 3.70. The summed E-state index contributed by atoms with van der Waals surface area (Å²) in [5.41, 5.74) is 7.23. The fourth-order valence-corrected chi connectivity index (χ4v) is 2.28. The Morgan fingerprint density at radius 2 is 1.93 bits per heavy atom. The molecular weight excluding hydrogens is 239 g/mol. The van der Waals surface area contributed by atoms with Gasteiger partial charge in [-0.05, 0) is 6.07 Å². The lowest BCUT2D eigenvalue weighted by Gasteiger charge is -2.00. The van der Waals surface area contributed by atoms with Crippen LogP contribution in [0.15, 0.2) is 24.3 Å². The highest BCUT2D eigenvalue weighted by Crippen LogP contribution is 2.36. The van der Waals surface area contributed by atoms with Crippen LogP contribution in [0.2, 0.25) is 9.49 Å². The Labute approximate surface area is 95.3 Å². The summed E-state index contributed by atoms with van der Waals surface area (Å²) < 4.78 is 0.428. The third-order valence-electron chi connectivity index (χ3n) is 1.76. The number of nitrogen functional groups attached to an aromatic ring is 1. The lowest BCUT2D eigenvalue weighted by Crippen LogP contribution is -1.86. The van der Waals surface area contributed by atoms with Crippen LogP contribution in [0.1, 0.15) is 0 Å². The molecule has 14 heavy (non-hydrogen) atoms. The van der Waals surface area contributed by atoms with Gasteiger partial charge in [0.25, 0.3) is 0 Å². The summed E-state index contributed by atoms with van der Waals surface area (Å²) in [6.45, 7) is 0. The topological polar surface area (TPSA) is 38.9 Å². The van der Waals surface area contributed by atoms with Crippen LogP contribution < -0.4 is 5.73 Å². The minimum atomic E-state index is 0.428. The van der Waals surface area contributed by atoms with Crippen molar-refractivity contribution in [2.75, 3.05) is 5.73 Å². The maximum absolute atomic E-state index is 6.01. The van der Waals surface area contributed by atoms with Gasteiger partial charge in [0.05, 0.1) is 5.02 Å². The SMILES string of the molecule is Nc1sc(Cl)nc1-c1ccccc1Cl. The molecule has 0 aliphatic carbocycles. The zero-order chi connectivity index (χ0) is 10.1. The first-order valence-electron chi connectivity index (χ1n) is 3.85. The van der Waals surface area contributed by atoms with Gasteiger partial charge in [-0.25, -0.2) is 4.98 Å². The molecule has 0 fully saturated rings. The Morgan fingerprint density at radius 1 is 1.21 bits per heavy atom. The second kappa shape index (κ2) is 3.77. The van der Waals surface area contributed by atoms with Gasteiger partial charge in [-0.3, -0.25) is 0 Å². The number of benzene rings is 1. The van der Waals surface area contributed by atoms with Gasteiger partial charge in [0.2, 0.25) is 0 Å². The first-order valence-corrected chi connectivity index (χ1v) is 5.42. The fraction of sp³-hybridized carbons (Fsp3) is 0. The van der Waals surface area contributed by atoms with Gasteiger partial charge in [0.1, 0.15) is 10.7 Å². The van der Waals surface area contributed by atoms with E-state index in [1.807, 2.05) is 18.2 Å². The molecule has 0 amide bonds. The average molecular weight is 245 g/mol. The lowest BCUT2D eigenvalue weighted by atomic mass is 10.2. The van der Waals surface area contributed by atoms with Crippen LogP contribution >= 0.6 is 34.5 Å². The van der Waals surface area contributed by atoms with Crippen LogP contribution in [-0.2, 0) is 0 Å². The maximum Gasteiger partial charge on any atom is 0.186 e. The quantitative estimate of drug-likeness (QED) is 0.831. The van der Waals surface area contributed by atoms with Crippen LogP contribution in [0.3, 0.4) is 0 Å². The van der Waals surface area contributed by atoms with Gasteiger partial charge >= 0.3 is 0 Å². The molecule has 0 aliphatic rings. The van der Waals surface area contributed by atoms with E-state index < -0.39 is 0 Å². The van der Waals surface area contributed by atoms with Crippen molar-refractivity contribution in [2.24, 2.45) is 0 Å². The van der Waals surface area contributed by atoms with Crippen molar-refractivity contribution in [1.29, 1.82) is 0 Å². The molecule has 0 unspecified atom stereocenters. The zero-order valence-corrected chi connectivity index (χ0v) is 9.33. The molecule has 0 saturated heterocycles. The fourth-order valence-electron chi connectivity index (χ4n) is 1.15. The van der Waals surface area contributed by atoms with Gasteiger partial charge in [-0.1, -0.05) is 52.7 Å².